The van der Waals surface area contributed by atoms with Crippen LogP contribution in [0.2, 0.25) is 0 Å². The number of carbonyl (C=O) groups is 2. The molecule has 1 aliphatic carbocycles. The molecule has 2 aliphatic rings. The molecule has 0 radical (unpaired) electrons. The summed E-state index contributed by atoms with van der Waals surface area (Å²) in [6, 6.07) is -0.992. The van der Waals surface area contributed by atoms with E-state index in [2.05, 4.69) is 10.6 Å². The third kappa shape index (κ3) is 1.54. The maximum atomic E-state index is 11.1. The summed E-state index contributed by atoms with van der Waals surface area (Å²) in [5, 5.41) is 14.2. The Balaban J connectivity index is 2.14. The molecule has 2 amide bonds. The summed E-state index contributed by atoms with van der Waals surface area (Å²) in [5.74, 6) is -0.865. The van der Waals surface area contributed by atoms with Gasteiger partial charge >= 0.3 is 12.0 Å². The van der Waals surface area contributed by atoms with Crippen LogP contribution in [-0.4, -0.2) is 29.2 Å². The van der Waals surface area contributed by atoms with E-state index in [4.69, 9.17) is 5.11 Å². The van der Waals surface area contributed by atoms with Gasteiger partial charge in [-0.2, -0.15) is 0 Å². The van der Waals surface area contributed by atoms with Gasteiger partial charge in [0.15, 0.2) is 0 Å². The molecule has 0 bridgehead atoms. The summed E-state index contributed by atoms with van der Waals surface area (Å²) in [6.45, 7) is 0. The molecular weight excluding hydrogens is 184 g/mol. The number of carbonyl (C=O) groups excluding carboxylic acids is 1. The fraction of sp³-hybridized carbons (Fsp3) is 0.778. The molecule has 1 saturated heterocycles. The number of rotatable bonds is 1. The maximum absolute atomic E-state index is 11.1. The highest BCUT2D eigenvalue weighted by molar-refractivity contribution is 5.84. The van der Waals surface area contributed by atoms with Crippen molar-refractivity contribution in [2.75, 3.05) is 0 Å². The Labute approximate surface area is 81.9 Å². The Morgan fingerprint density at radius 2 is 2.00 bits per heavy atom. The predicted molar refractivity (Wildman–Crippen MR) is 48.8 cm³/mol. The van der Waals surface area contributed by atoms with Crippen LogP contribution >= 0.6 is 0 Å². The van der Waals surface area contributed by atoms with Crippen molar-refractivity contribution < 1.29 is 14.7 Å². The highest BCUT2D eigenvalue weighted by atomic mass is 16.4. The second kappa shape index (κ2) is 3.48. The molecule has 1 heterocycles. The second-order valence-electron chi connectivity index (χ2n) is 3.99. The van der Waals surface area contributed by atoms with Crippen LogP contribution in [0.4, 0.5) is 4.79 Å². The smallest absolute Gasteiger partial charge is 0.326 e. The minimum Gasteiger partial charge on any atom is -0.480 e. The van der Waals surface area contributed by atoms with Gasteiger partial charge in [-0.3, -0.25) is 0 Å². The normalized spacial score (nSPS) is 36.6. The van der Waals surface area contributed by atoms with Crippen molar-refractivity contribution in [2.45, 2.75) is 37.8 Å². The van der Waals surface area contributed by atoms with Crippen molar-refractivity contribution in [3.63, 3.8) is 0 Å². The zero-order chi connectivity index (χ0) is 10.1. The van der Waals surface area contributed by atoms with Gasteiger partial charge in [0.2, 0.25) is 0 Å². The Hall–Kier alpha value is -1.26. The Kier molecular flexibility index (Phi) is 2.31. The number of carboxylic acid groups (broad SMARTS) is 1. The third-order valence-electron chi connectivity index (χ3n) is 3.12. The quantitative estimate of drug-likeness (QED) is 0.567. The molecule has 1 aliphatic heterocycles. The molecule has 0 aromatic heterocycles. The van der Waals surface area contributed by atoms with Crippen molar-refractivity contribution in [1.29, 1.82) is 0 Å². The van der Waals surface area contributed by atoms with Crippen molar-refractivity contribution >= 4 is 12.0 Å². The molecule has 3 N–H and O–H groups in total. The summed E-state index contributed by atoms with van der Waals surface area (Å²) in [7, 11) is 0. The van der Waals surface area contributed by atoms with Crippen molar-refractivity contribution in [3.8, 4) is 0 Å². The lowest BCUT2D eigenvalue weighted by atomic mass is 9.78. The molecule has 78 valence electrons. The van der Waals surface area contributed by atoms with Crippen molar-refractivity contribution in [1.82, 2.24) is 10.6 Å². The molecule has 14 heavy (non-hydrogen) atoms. The van der Waals surface area contributed by atoms with Crippen LogP contribution < -0.4 is 10.6 Å². The molecule has 1 saturated carbocycles. The number of hydrogen-bond acceptors (Lipinski definition) is 2. The number of fused-ring (bicyclic) bond motifs is 1. The summed E-state index contributed by atoms with van der Waals surface area (Å²) in [6.07, 6.45) is 3.92. The van der Waals surface area contributed by atoms with E-state index < -0.39 is 12.0 Å². The van der Waals surface area contributed by atoms with Gasteiger partial charge < -0.3 is 15.7 Å². The van der Waals surface area contributed by atoms with E-state index in [9.17, 15) is 9.59 Å². The number of amides is 2. The zero-order valence-corrected chi connectivity index (χ0v) is 7.82. The van der Waals surface area contributed by atoms with E-state index in [-0.39, 0.29) is 18.0 Å². The van der Waals surface area contributed by atoms with Gasteiger partial charge in [-0.15, -0.1) is 0 Å². The first-order chi connectivity index (χ1) is 6.68. The van der Waals surface area contributed by atoms with Crippen LogP contribution in [-0.2, 0) is 4.79 Å². The number of nitrogens with one attached hydrogen (secondary N) is 2. The van der Waals surface area contributed by atoms with E-state index in [1.54, 1.807) is 0 Å². The Morgan fingerprint density at radius 1 is 1.29 bits per heavy atom. The number of urea groups is 1. The average molecular weight is 198 g/mol. The Morgan fingerprint density at radius 3 is 2.71 bits per heavy atom. The van der Waals surface area contributed by atoms with Crippen molar-refractivity contribution in [2.24, 2.45) is 5.92 Å². The van der Waals surface area contributed by atoms with Gasteiger partial charge in [-0.1, -0.05) is 12.8 Å². The maximum Gasteiger partial charge on any atom is 0.326 e. The monoisotopic (exact) mass is 198 g/mol. The molecule has 0 spiro atoms. The van der Waals surface area contributed by atoms with Gasteiger partial charge in [-0.05, 0) is 12.8 Å². The van der Waals surface area contributed by atoms with Gasteiger partial charge in [0.25, 0.3) is 0 Å². The zero-order valence-electron chi connectivity index (χ0n) is 7.82. The van der Waals surface area contributed by atoms with E-state index in [1.807, 2.05) is 0 Å². The van der Waals surface area contributed by atoms with Crippen LogP contribution in [0, 0.1) is 5.92 Å². The molecule has 0 aromatic carbocycles. The van der Waals surface area contributed by atoms with Crippen LogP contribution in [0.1, 0.15) is 25.7 Å². The first-order valence-corrected chi connectivity index (χ1v) is 4.98. The largest absolute Gasteiger partial charge is 0.480 e. The van der Waals surface area contributed by atoms with Gasteiger partial charge in [0.05, 0.1) is 0 Å². The van der Waals surface area contributed by atoms with Gasteiger partial charge in [-0.25, -0.2) is 9.59 Å². The third-order valence-corrected chi connectivity index (χ3v) is 3.12. The molecule has 5 nitrogen and oxygen atoms in total. The molecule has 2 fully saturated rings. The highest BCUT2D eigenvalue weighted by Crippen LogP contribution is 2.29. The van der Waals surface area contributed by atoms with Gasteiger partial charge in [0, 0.05) is 12.0 Å². The lowest BCUT2D eigenvalue weighted by molar-refractivity contribution is -0.141. The lowest BCUT2D eigenvalue weighted by Gasteiger charge is -2.40. The molecule has 3 atom stereocenters. The topological polar surface area (TPSA) is 78.4 Å². The number of aliphatic carboxylic acids is 1. The SMILES string of the molecule is O=C1NC2CCCCC2C(C(=O)O)N1. The lowest BCUT2D eigenvalue weighted by Crippen LogP contribution is -2.63. The average Bonchev–Trinajstić information content (AvgIpc) is 2.16. The van der Waals surface area contributed by atoms with Gasteiger partial charge in [0.1, 0.15) is 6.04 Å². The molecule has 3 unspecified atom stereocenters. The van der Waals surface area contributed by atoms with Crippen LogP contribution in [0.25, 0.3) is 0 Å². The molecule has 2 rings (SSSR count). The van der Waals surface area contributed by atoms with Crippen LogP contribution in [0.15, 0.2) is 0 Å². The fourth-order valence-electron chi connectivity index (χ4n) is 2.44. The van der Waals surface area contributed by atoms with E-state index >= 15 is 0 Å². The highest BCUT2D eigenvalue weighted by Gasteiger charge is 2.41. The Bertz CT molecular complexity index is 265. The van der Waals surface area contributed by atoms with Crippen molar-refractivity contribution in [3.05, 3.63) is 0 Å². The molecule has 5 heteroatoms. The second-order valence-corrected chi connectivity index (χ2v) is 3.99. The van der Waals surface area contributed by atoms with E-state index in [0.29, 0.717) is 0 Å². The summed E-state index contributed by atoms with van der Waals surface area (Å²) < 4.78 is 0. The minimum absolute atomic E-state index is 0.0543. The van der Waals surface area contributed by atoms with E-state index in [0.717, 1.165) is 25.7 Å². The first-order valence-electron chi connectivity index (χ1n) is 4.98. The molecule has 0 aromatic rings. The van der Waals surface area contributed by atoms with Crippen LogP contribution in [0.5, 0.6) is 0 Å². The first kappa shape index (κ1) is 9.30. The van der Waals surface area contributed by atoms with Crippen LogP contribution in [0.3, 0.4) is 0 Å². The van der Waals surface area contributed by atoms with E-state index in [1.165, 1.54) is 0 Å². The summed E-state index contributed by atoms with van der Waals surface area (Å²) >= 11 is 0. The standard InChI is InChI=1S/C9H14N2O3/c12-8(13)7-5-3-1-2-4-6(5)10-9(14)11-7/h5-7H,1-4H2,(H,12,13)(H2,10,11,14). The molecular formula is C9H14N2O3. The summed E-state index contributed by atoms with van der Waals surface area (Å²) in [4.78, 5) is 22.1. The fourth-order valence-corrected chi connectivity index (χ4v) is 2.44. The predicted octanol–water partition coefficient (Wildman–Crippen LogP) is 0.311. The number of hydrogen-bond donors (Lipinski definition) is 3. The minimum atomic E-state index is -0.920. The number of carboxylic acids is 1. The summed E-state index contributed by atoms with van der Waals surface area (Å²) in [5.41, 5.74) is 0.